The van der Waals surface area contributed by atoms with Crippen LogP contribution in [0.15, 0.2) is 29.2 Å². The SMILES string of the molecule is CCC(CC(=O)O)Nc1ccc(S(N)(=O)=O)cc1. The van der Waals surface area contributed by atoms with E-state index in [4.69, 9.17) is 10.2 Å². The fraction of sp³-hybridized carbons (Fsp3) is 0.364. The van der Waals surface area contributed by atoms with Gasteiger partial charge in [-0.05, 0) is 30.7 Å². The van der Waals surface area contributed by atoms with Gasteiger partial charge in [0.15, 0.2) is 0 Å². The van der Waals surface area contributed by atoms with Crippen LogP contribution in [0.3, 0.4) is 0 Å². The number of carbonyl (C=O) groups is 1. The molecular formula is C11H16N2O4S. The van der Waals surface area contributed by atoms with Crippen molar-refractivity contribution in [1.29, 1.82) is 0 Å². The van der Waals surface area contributed by atoms with E-state index in [1.54, 1.807) is 12.1 Å². The topological polar surface area (TPSA) is 109 Å². The van der Waals surface area contributed by atoms with E-state index >= 15 is 0 Å². The second-order valence-corrected chi connectivity index (χ2v) is 5.48. The van der Waals surface area contributed by atoms with Gasteiger partial charge in [0.05, 0.1) is 11.3 Å². The van der Waals surface area contributed by atoms with Crippen molar-refractivity contribution in [1.82, 2.24) is 0 Å². The largest absolute Gasteiger partial charge is 0.481 e. The van der Waals surface area contributed by atoms with Crippen molar-refractivity contribution in [2.24, 2.45) is 5.14 Å². The normalized spacial score (nSPS) is 13.0. The second-order valence-electron chi connectivity index (χ2n) is 3.92. The van der Waals surface area contributed by atoms with Crippen molar-refractivity contribution in [2.75, 3.05) is 5.32 Å². The van der Waals surface area contributed by atoms with Gasteiger partial charge in [0, 0.05) is 11.7 Å². The summed E-state index contributed by atoms with van der Waals surface area (Å²) in [5.74, 6) is -0.879. The zero-order valence-corrected chi connectivity index (χ0v) is 10.8. The third-order valence-electron chi connectivity index (χ3n) is 2.47. The van der Waals surface area contributed by atoms with Crippen LogP contribution in [0.1, 0.15) is 19.8 Å². The Hall–Kier alpha value is -1.60. The summed E-state index contributed by atoms with van der Waals surface area (Å²) in [6.07, 6.45) is 0.663. The molecule has 1 rings (SSSR count). The van der Waals surface area contributed by atoms with Gasteiger partial charge in [-0.15, -0.1) is 0 Å². The second kappa shape index (κ2) is 5.83. The van der Waals surface area contributed by atoms with Crippen molar-refractivity contribution < 1.29 is 18.3 Å². The minimum Gasteiger partial charge on any atom is -0.481 e. The van der Waals surface area contributed by atoms with Crippen LogP contribution in [0.2, 0.25) is 0 Å². The van der Waals surface area contributed by atoms with E-state index in [1.165, 1.54) is 12.1 Å². The highest BCUT2D eigenvalue weighted by Gasteiger charge is 2.11. The summed E-state index contributed by atoms with van der Waals surface area (Å²) in [6, 6.07) is 5.69. The lowest BCUT2D eigenvalue weighted by Gasteiger charge is -2.16. The van der Waals surface area contributed by atoms with Gasteiger partial charge in [0.1, 0.15) is 0 Å². The van der Waals surface area contributed by atoms with Crippen LogP contribution in [0.5, 0.6) is 0 Å². The molecule has 4 N–H and O–H groups in total. The molecule has 0 amide bonds. The van der Waals surface area contributed by atoms with Gasteiger partial charge < -0.3 is 10.4 Å². The molecule has 7 heteroatoms. The molecule has 0 aliphatic rings. The minimum absolute atomic E-state index is 0.00738. The lowest BCUT2D eigenvalue weighted by Crippen LogP contribution is -2.22. The Morgan fingerprint density at radius 1 is 1.39 bits per heavy atom. The lowest BCUT2D eigenvalue weighted by molar-refractivity contribution is -0.137. The molecule has 0 heterocycles. The van der Waals surface area contributed by atoms with Gasteiger partial charge in [-0.2, -0.15) is 0 Å². The molecule has 0 aliphatic heterocycles. The maximum Gasteiger partial charge on any atom is 0.305 e. The highest BCUT2D eigenvalue weighted by atomic mass is 32.2. The fourth-order valence-corrected chi connectivity index (χ4v) is 2.00. The molecule has 0 saturated heterocycles. The fourth-order valence-electron chi connectivity index (χ4n) is 1.48. The minimum atomic E-state index is -3.69. The Bertz CT molecular complexity index is 510. The zero-order chi connectivity index (χ0) is 13.8. The lowest BCUT2D eigenvalue weighted by atomic mass is 10.1. The number of anilines is 1. The van der Waals surface area contributed by atoms with Crippen LogP contribution in [0.4, 0.5) is 5.69 Å². The van der Waals surface area contributed by atoms with Crippen molar-refractivity contribution in [2.45, 2.75) is 30.7 Å². The molecule has 0 bridgehead atoms. The van der Waals surface area contributed by atoms with Gasteiger partial charge in [-0.3, -0.25) is 4.79 Å². The van der Waals surface area contributed by atoms with Gasteiger partial charge in [0.2, 0.25) is 10.0 Å². The Morgan fingerprint density at radius 3 is 2.33 bits per heavy atom. The Morgan fingerprint density at radius 2 is 1.94 bits per heavy atom. The van der Waals surface area contributed by atoms with Gasteiger partial charge in [-0.25, -0.2) is 13.6 Å². The number of hydrogen-bond acceptors (Lipinski definition) is 4. The Balaban J connectivity index is 2.77. The number of rotatable bonds is 6. The molecule has 0 aliphatic carbocycles. The van der Waals surface area contributed by atoms with Crippen LogP contribution in [-0.4, -0.2) is 25.5 Å². The molecule has 100 valence electrons. The van der Waals surface area contributed by atoms with Crippen molar-refractivity contribution in [3.63, 3.8) is 0 Å². The number of benzene rings is 1. The first-order valence-electron chi connectivity index (χ1n) is 5.44. The van der Waals surface area contributed by atoms with E-state index in [0.29, 0.717) is 12.1 Å². The van der Waals surface area contributed by atoms with E-state index in [1.807, 2.05) is 6.92 Å². The molecule has 0 aromatic heterocycles. The third-order valence-corrected chi connectivity index (χ3v) is 3.40. The number of carboxylic acids is 1. The van der Waals surface area contributed by atoms with Gasteiger partial charge >= 0.3 is 5.97 Å². The smallest absolute Gasteiger partial charge is 0.305 e. The Kier molecular flexibility index (Phi) is 4.69. The van der Waals surface area contributed by atoms with Crippen LogP contribution < -0.4 is 10.5 Å². The van der Waals surface area contributed by atoms with Gasteiger partial charge in [-0.1, -0.05) is 6.92 Å². The number of sulfonamides is 1. The van der Waals surface area contributed by atoms with Crippen molar-refractivity contribution in [3.05, 3.63) is 24.3 Å². The monoisotopic (exact) mass is 272 g/mol. The predicted octanol–water partition coefficient (Wildman–Crippen LogP) is 0.999. The molecule has 1 atom stereocenters. The van der Waals surface area contributed by atoms with Crippen LogP contribution in [0.25, 0.3) is 0 Å². The zero-order valence-electron chi connectivity index (χ0n) is 9.96. The number of aliphatic carboxylic acids is 1. The number of carboxylic acid groups (broad SMARTS) is 1. The summed E-state index contributed by atoms with van der Waals surface area (Å²) in [5, 5.41) is 16.7. The maximum absolute atomic E-state index is 11.0. The van der Waals surface area contributed by atoms with Crippen molar-refractivity contribution in [3.8, 4) is 0 Å². The molecule has 0 fully saturated rings. The van der Waals surface area contributed by atoms with E-state index < -0.39 is 16.0 Å². The molecule has 18 heavy (non-hydrogen) atoms. The molecule has 1 aromatic carbocycles. The van der Waals surface area contributed by atoms with Crippen LogP contribution >= 0.6 is 0 Å². The molecule has 0 saturated carbocycles. The maximum atomic E-state index is 11.0. The first-order valence-corrected chi connectivity index (χ1v) is 6.98. The summed E-state index contributed by atoms with van der Waals surface area (Å²) in [7, 11) is -3.69. The van der Waals surface area contributed by atoms with Crippen LogP contribution in [0, 0.1) is 0 Å². The Labute approximate surface area is 106 Å². The van der Waals surface area contributed by atoms with Crippen molar-refractivity contribution >= 4 is 21.7 Å². The van der Waals surface area contributed by atoms with E-state index in [-0.39, 0.29) is 17.4 Å². The summed E-state index contributed by atoms with van der Waals surface area (Å²) >= 11 is 0. The number of primary sulfonamides is 1. The van der Waals surface area contributed by atoms with E-state index in [9.17, 15) is 13.2 Å². The predicted molar refractivity (Wildman–Crippen MR) is 67.8 cm³/mol. The molecule has 1 aromatic rings. The number of nitrogens with two attached hydrogens (primary N) is 1. The summed E-state index contributed by atoms with van der Waals surface area (Å²) in [5.41, 5.74) is 0.663. The summed E-state index contributed by atoms with van der Waals surface area (Å²) in [6.45, 7) is 1.87. The van der Waals surface area contributed by atoms with Gasteiger partial charge in [0.25, 0.3) is 0 Å². The highest BCUT2D eigenvalue weighted by Crippen LogP contribution is 2.15. The molecule has 0 radical (unpaired) electrons. The first-order chi connectivity index (χ1) is 8.32. The van der Waals surface area contributed by atoms with E-state index in [2.05, 4.69) is 5.32 Å². The third kappa shape index (κ3) is 4.34. The average molecular weight is 272 g/mol. The molecule has 6 nitrogen and oxygen atoms in total. The van der Waals surface area contributed by atoms with E-state index in [0.717, 1.165) is 0 Å². The summed E-state index contributed by atoms with van der Waals surface area (Å²) < 4.78 is 22.1. The summed E-state index contributed by atoms with van der Waals surface area (Å²) in [4.78, 5) is 10.6. The van der Waals surface area contributed by atoms with Crippen LogP contribution in [-0.2, 0) is 14.8 Å². The molecule has 0 spiro atoms. The quantitative estimate of drug-likeness (QED) is 0.715. The molecule has 1 unspecified atom stereocenters. The average Bonchev–Trinajstić information content (AvgIpc) is 2.27. The highest BCUT2D eigenvalue weighted by molar-refractivity contribution is 7.89. The number of nitrogens with one attached hydrogen (secondary N) is 1. The first kappa shape index (κ1) is 14.5. The number of hydrogen-bond donors (Lipinski definition) is 3. The molecular weight excluding hydrogens is 256 g/mol. The standard InChI is InChI=1S/C11H16N2O4S/c1-2-8(7-11(14)15)13-9-3-5-10(6-4-9)18(12,16)17/h3-6,8,13H,2,7H2,1H3,(H,14,15)(H2,12,16,17).